The summed E-state index contributed by atoms with van der Waals surface area (Å²) >= 11 is 0. The Morgan fingerprint density at radius 1 is 1.10 bits per heavy atom. The van der Waals surface area contributed by atoms with Crippen LogP contribution in [0.15, 0.2) is 41.0 Å². The van der Waals surface area contributed by atoms with Crippen molar-refractivity contribution in [2.75, 3.05) is 24.5 Å². The predicted molar refractivity (Wildman–Crippen MR) is 116 cm³/mol. The maximum atomic E-state index is 13.1. The molecule has 1 unspecified atom stereocenters. The number of nitrogens with one attached hydrogen (secondary N) is 1. The smallest absolute Gasteiger partial charge is 0.228 e. The second-order valence-corrected chi connectivity index (χ2v) is 8.52. The summed E-state index contributed by atoms with van der Waals surface area (Å²) in [5.41, 5.74) is 3.10. The van der Waals surface area contributed by atoms with E-state index in [0.29, 0.717) is 39.0 Å². The molecule has 7 nitrogen and oxygen atoms in total. The van der Waals surface area contributed by atoms with Gasteiger partial charge in [-0.05, 0) is 56.0 Å². The lowest BCUT2D eigenvalue weighted by Gasteiger charge is -2.33. The molecule has 4 rings (SSSR count). The number of carbonyl (C=O) groups excluding carboxylic acids is 3. The number of piperidine rings is 1. The third-order valence-electron chi connectivity index (χ3n) is 6.54. The van der Waals surface area contributed by atoms with Crippen molar-refractivity contribution in [3.05, 3.63) is 53.5 Å². The zero-order valence-corrected chi connectivity index (χ0v) is 18.1. The number of aryl methyl sites for hydroxylation is 1. The molecule has 0 radical (unpaired) electrons. The Labute approximate surface area is 182 Å². The minimum Gasteiger partial charge on any atom is -0.467 e. The van der Waals surface area contributed by atoms with Crippen molar-refractivity contribution in [3.63, 3.8) is 0 Å². The largest absolute Gasteiger partial charge is 0.467 e. The van der Waals surface area contributed by atoms with E-state index >= 15 is 0 Å². The first kappa shape index (κ1) is 21.2. The van der Waals surface area contributed by atoms with Crippen molar-refractivity contribution >= 4 is 23.4 Å². The number of furan rings is 1. The average Bonchev–Trinajstić information content (AvgIpc) is 3.43. The summed E-state index contributed by atoms with van der Waals surface area (Å²) in [6.07, 6.45) is 3.10. The van der Waals surface area contributed by atoms with Crippen LogP contribution in [0.1, 0.15) is 36.1 Å². The molecule has 7 heteroatoms. The lowest BCUT2D eigenvalue weighted by molar-refractivity contribution is -0.139. The first-order valence-electron chi connectivity index (χ1n) is 10.9. The highest BCUT2D eigenvalue weighted by Crippen LogP contribution is 2.31. The summed E-state index contributed by atoms with van der Waals surface area (Å²) in [4.78, 5) is 41.7. The van der Waals surface area contributed by atoms with Crippen LogP contribution in [-0.4, -0.2) is 42.3 Å². The van der Waals surface area contributed by atoms with Crippen LogP contribution in [0.2, 0.25) is 0 Å². The fourth-order valence-corrected chi connectivity index (χ4v) is 4.49. The molecule has 1 atom stereocenters. The van der Waals surface area contributed by atoms with Crippen molar-refractivity contribution in [2.45, 2.75) is 39.7 Å². The number of rotatable bonds is 5. The monoisotopic (exact) mass is 423 g/mol. The van der Waals surface area contributed by atoms with Crippen molar-refractivity contribution in [1.82, 2.24) is 10.2 Å². The molecule has 164 valence electrons. The number of nitrogens with zero attached hydrogens (tertiary/aromatic N) is 2. The number of likely N-dealkylation sites (tertiary alicyclic amines) is 1. The van der Waals surface area contributed by atoms with Gasteiger partial charge in [-0.2, -0.15) is 0 Å². The molecule has 2 aliphatic rings. The fourth-order valence-electron chi connectivity index (χ4n) is 4.49. The number of hydrogen-bond acceptors (Lipinski definition) is 4. The van der Waals surface area contributed by atoms with Crippen LogP contribution in [0.25, 0.3) is 0 Å². The van der Waals surface area contributed by atoms with Gasteiger partial charge in [0.25, 0.3) is 0 Å². The van der Waals surface area contributed by atoms with Crippen LogP contribution in [0, 0.1) is 25.7 Å². The molecule has 0 saturated carbocycles. The fraction of sp³-hybridized carbons (Fsp3) is 0.458. The van der Waals surface area contributed by atoms with Crippen LogP contribution in [0.5, 0.6) is 0 Å². The van der Waals surface area contributed by atoms with Gasteiger partial charge >= 0.3 is 0 Å². The van der Waals surface area contributed by atoms with Gasteiger partial charge in [0.05, 0.1) is 18.7 Å². The van der Waals surface area contributed by atoms with E-state index in [0.717, 1.165) is 22.6 Å². The summed E-state index contributed by atoms with van der Waals surface area (Å²) in [6.45, 7) is 5.93. The molecule has 2 fully saturated rings. The van der Waals surface area contributed by atoms with Gasteiger partial charge in [-0.1, -0.05) is 12.1 Å². The molecule has 1 N–H and O–H groups in total. The molecule has 3 heterocycles. The second-order valence-electron chi connectivity index (χ2n) is 8.52. The van der Waals surface area contributed by atoms with Gasteiger partial charge in [0.15, 0.2) is 0 Å². The van der Waals surface area contributed by atoms with Crippen molar-refractivity contribution in [2.24, 2.45) is 11.8 Å². The molecule has 2 saturated heterocycles. The molecular formula is C24H29N3O4. The predicted octanol–water partition coefficient (Wildman–Crippen LogP) is 2.80. The van der Waals surface area contributed by atoms with E-state index in [-0.39, 0.29) is 36.0 Å². The van der Waals surface area contributed by atoms with Gasteiger partial charge in [0.2, 0.25) is 17.7 Å². The number of anilines is 1. The van der Waals surface area contributed by atoms with E-state index in [4.69, 9.17) is 4.42 Å². The number of carbonyl (C=O) groups is 3. The van der Waals surface area contributed by atoms with Gasteiger partial charge in [-0.25, -0.2) is 0 Å². The summed E-state index contributed by atoms with van der Waals surface area (Å²) in [5.74, 6) is 0.322. The molecular weight excluding hydrogens is 394 g/mol. The van der Waals surface area contributed by atoms with E-state index in [1.807, 2.05) is 43.0 Å². The minimum absolute atomic E-state index is 0.000593. The van der Waals surface area contributed by atoms with Gasteiger partial charge in [0, 0.05) is 37.7 Å². The van der Waals surface area contributed by atoms with Crippen LogP contribution in [-0.2, 0) is 20.9 Å². The average molecular weight is 424 g/mol. The third kappa shape index (κ3) is 4.50. The van der Waals surface area contributed by atoms with E-state index in [2.05, 4.69) is 5.32 Å². The Morgan fingerprint density at radius 3 is 2.58 bits per heavy atom. The number of amides is 3. The van der Waals surface area contributed by atoms with Crippen LogP contribution >= 0.6 is 0 Å². The Balaban J connectivity index is 1.30. The summed E-state index contributed by atoms with van der Waals surface area (Å²) < 4.78 is 5.24. The Morgan fingerprint density at radius 2 is 1.87 bits per heavy atom. The highest BCUT2D eigenvalue weighted by Gasteiger charge is 2.39. The highest BCUT2D eigenvalue weighted by atomic mass is 16.3. The van der Waals surface area contributed by atoms with Gasteiger partial charge in [-0.15, -0.1) is 0 Å². The van der Waals surface area contributed by atoms with Crippen molar-refractivity contribution in [3.8, 4) is 0 Å². The zero-order chi connectivity index (χ0) is 22.0. The lowest BCUT2D eigenvalue weighted by Crippen LogP contribution is -2.45. The standard InChI is InChI=1S/C24H29N3O4/c1-16-5-3-7-21(17(16)2)27-15-19(13-22(27)28)24(30)26-10-8-18(9-11-26)23(29)25-14-20-6-4-12-31-20/h3-7,12,18-19H,8-11,13-15H2,1-2H3,(H,25,29). The quantitative estimate of drug-likeness (QED) is 0.802. The molecule has 0 aliphatic carbocycles. The zero-order valence-electron chi connectivity index (χ0n) is 18.1. The SMILES string of the molecule is Cc1cccc(N2CC(C(=O)N3CCC(C(=O)NCc4ccco4)CC3)CC2=O)c1C. The van der Waals surface area contributed by atoms with Crippen LogP contribution in [0.3, 0.4) is 0 Å². The second kappa shape index (κ2) is 8.96. The third-order valence-corrected chi connectivity index (χ3v) is 6.54. The Bertz CT molecular complexity index is 961. The normalized spacial score (nSPS) is 19.7. The summed E-state index contributed by atoms with van der Waals surface area (Å²) in [5, 5.41) is 2.91. The van der Waals surface area contributed by atoms with Crippen LogP contribution in [0.4, 0.5) is 5.69 Å². The first-order valence-corrected chi connectivity index (χ1v) is 10.9. The molecule has 0 spiro atoms. The van der Waals surface area contributed by atoms with E-state index < -0.39 is 0 Å². The van der Waals surface area contributed by atoms with Crippen molar-refractivity contribution < 1.29 is 18.8 Å². The van der Waals surface area contributed by atoms with Gasteiger partial charge in [-0.3, -0.25) is 14.4 Å². The Kier molecular flexibility index (Phi) is 6.11. The molecule has 3 amide bonds. The molecule has 2 aromatic rings. The van der Waals surface area contributed by atoms with Gasteiger partial charge < -0.3 is 19.5 Å². The number of benzene rings is 1. The maximum absolute atomic E-state index is 13.1. The molecule has 0 bridgehead atoms. The first-order chi connectivity index (χ1) is 14.9. The van der Waals surface area contributed by atoms with E-state index in [9.17, 15) is 14.4 Å². The summed E-state index contributed by atoms with van der Waals surface area (Å²) in [6, 6.07) is 9.53. The lowest BCUT2D eigenvalue weighted by atomic mass is 9.94. The molecule has 31 heavy (non-hydrogen) atoms. The van der Waals surface area contributed by atoms with E-state index in [1.165, 1.54) is 0 Å². The molecule has 2 aliphatic heterocycles. The van der Waals surface area contributed by atoms with E-state index in [1.54, 1.807) is 17.2 Å². The highest BCUT2D eigenvalue weighted by molar-refractivity contribution is 6.01. The maximum Gasteiger partial charge on any atom is 0.228 e. The minimum atomic E-state index is -0.322. The number of hydrogen-bond donors (Lipinski definition) is 1. The van der Waals surface area contributed by atoms with Crippen molar-refractivity contribution in [1.29, 1.82) is 0 Å². The molecule has 1 aromatic heterocycles. The molecule has 1 aromatic carbocycles. The van der Waals surface area contributed by atoms with Gasteiger partial charge in [0.1, 0.15) is 5.76 Å². The van der Waals surface area contributed by atoms with Crippen LogP contribution < -0.4 is 10.2 Å². The Hall–Kier alpha value is -3.09. The topological polar surface area (TPSA) is 82.9 Å². The summed E-state index contributed by atoms with van der Waals surface area (Å²) in [7, 11) is 0.